The summed E-state index contributed by atoms with van der Waals surface area (Å²) in [7, 11) is 3.90. The Morgan fingerprint density at radius 1 is 1.28 bits per heavy atom. The summed E-state index contributed by atoms with van der Waals surface area (Å²) in [6, 6.07) is 6.36. The molecule has 0 spiro atoms. The molecule has 1 heterocycles. The van der Waals surface area contributed by atoms with Crippen LogP contribution in [0.5, 0.6) is 0 Å². The highest BCUT2D eigenvalue weighted by atomic mass is 35.5. The summed E-state index contributed by atoms with van der Waals surface area (Å²) in [4.78, 5) is 4.39. The van der Waals surface area contributed by atoms with Crippen molar-refractivity contribution in [2.75, 3.05) is 7.05 Å². The second kappa shape index (κ2) is 5.12. The minimum absolute atomic E-state index is 0.561. The monoisotopic (exact) mass is 263 g/mol. The van der Waals surface area contributed by atoms with Gasteiger partial charge >= 0.3 is 0 Å². The summed E-state index contributed by atoms with van der Waals surface area (Å²) in [5.41, 5.74) is 4.64. The highest BCUT2D eigenvalue weighted by Gasteiger charge is 2.14. The number of halogens is 1. The molecule has 3 nitrogen and oxygen atoms in total. The lowest BCUT2D eigenvalue weighted by atomic mass is 10.0. The molecule has 0 saturated carbocycles. The predicted molar refractivity (Wildman–Crippen MR) is 75.9 cm³/mol. The van der Waals surface area contributed by atoms with Crippen molar-refractivity contribution in [3.8, 4) is 11.3 Å². The van der Waals surface area contributed by atoms with Crippen molar-refractivity contribution >= 4 is 11.6 Å². The fourth-order valence-corrected chi connectivity index (χ4v) is 2.36. The van der Waals surface area contributed by atoms with E-state index < -0.39 is 0 Å². The van der Waals surface area contributed by atoms with E-state index in [9.17, 15) is 0 Å². The molecule has 1 N–H and O–H groups in total. The van der Waals surface area contributed by atoms with Crippen LogP contribution in [0, 0.1) is 13.8 Å². The van der Waals surface area contributed by atoms with Gasteiger partial charge in [-0.15, -0.1) is 0 Å². The summed E-state index contributed by atoms with van der Waals surface area (Å²) in [6.45, 7) is 4.93. The first-order valence-corrected chi connectivity index (χ1v) is 6.35. The number of nitrogens with zero attached hydrogens (tertiary/aromatic N) is 2. The molecule has 0 bridgehead atoms. The van der Waals surface area contributed by atoms with Crippen LogP contribution in [0.15, 0.2) is 18.2 Å². The molecular weight excluding hydrogens is 246 g/mol. The van der Waals surface area contributed by atoms with Gasteiger partial charge < -0.3 is 9.88 Å². The summed E-state index contributed by atoms with van der Waals surface area (Å²) >= 11 is 6.25. The number of rotatable bonds is 3. The van der Waals surface area contributed by atoms with Crippen LogP contribution in [0.25, 0.3) is 11.3 Å². The molecule has 18 heavy (non-hydrogen) atoms. The van der Waals surface area contributed by atoms with Gasteiger partial charge in [-0.05, 0) is 38.1 Å². The smallest absolute Gasteiger partial charge is 0.155 e. The minimum atomic E-state index is 0.561. The molecule has 0 aliphatic rings. The van der Waals surface area contributed by atoms with Crippen molar-refractivity contribution in [2.45, 2.75) is 20.4 Å². The second-order valence-electron chi connectivity index (χ2n) is 4.56. The predicted octanol–water partition coefficient (Wildman–Crippen LogP) is 3.08. The third-order valence-corrected chi connectivity index (χ3v) is 3.52. The third kappa shape index (κ3) is 2.28. The van der Waals surface area contributed by atoms with Crippen LogP contribution >= 0.6 is 11.6 Å². The molecule has 1 aromatic heterocycles. The largest absolute Gasteiger partial charge is 0.329 e. The standard InChI is InChI=1S/C14H18ClN3/c1-9-5-6-11(7-10(9)2)13-14(15)17-12(8-16-3)18(13)4/h5-7,16H,8H2,1-4H3. The average Bonchev–Trinajstić information content (AvgIpc) is 2.59. The molecule has 4 heteroatoms. The normalized spacial score (nSPS) is 10.9. The SMILES string of the molecule is CNCc1nc(Cl)c(-c2ccc(C)c(C)c2)n1C. The van der Waals surface area contributed by atoms with E-state index in [1.54, 1.807) is 0 Å². The zero-order valence-electron chi connectivity index (χ0n) is 11.2. The Balaban J connectivity index is 2.53. The van der Waals surface area contributed by atoms with Crippen LogP contribution < -0.4 is 5.32 Å². The summed E-state index contributed by atoms with van der Waals surface area (Å²) < 4.78 is 2.04. The molecular formula is C14H18ClN3. The molecule has 96 valence electrons. The fraction of sp³-hybridized carbons (Fsp3) is 0.357. The van der Waals surface area contributed by atoms with Crippen LogP contribution in [0.1, 0.15) is 17.0 Å². The minimum Gasteiger partial charge on any atom is -0.329 e. The molecule has 0 radical (unpaired) electrons. The van der Waals surface area contributed by atoms with Gasteiger partial charge in [-0.1, -0.05) is 23.7 Å². The zero-order valence-corrected chi connectivity index (χ0v) is 12.0. The number of aromatic nitrogens is 2. The van der Waals surface area contributed by atoms with Gasteiger partial charge in [0.2, 0.25) is 0 Å². The van der Waals surface area contributed by atoms with E-state index in [-0.39, 0.29) is 0 Å². The van der Waals surface area contributed by atoms with Gasteiger partial charge in [0.1, 0.15) is 5.82 Å². The Hall–Kier alpha value is -1.32. The van der Waals surface area contributed by atoms with Gasteiger partial charge in [-0.25, -0.2) is 4.98 Å². The Morgan fingerprint density at radius 3 is 2.61 bits per heavy atom. The molecule has 0 saturated heterocycles. The Morgan fingerprint density at radius 2 is 2.00 bits per heavy atom. The first kappa shape index (κ1) is 13.1. The summed E-state index contributed by atoms with van der Waals surface area (Å²) in [5.74, 6) is 0.940. The van der Waals surface area contributed by atoms with E-state index >= 15 is 0 Å². The van der Waals surface area contributed by atoms with E-state index in [2.05, 4.69) is 42.3 Å². The maximum Gasteiger partial charge on any atom is 0.155 e. The van der Waals surface area contributed by atoms with E-state index in [0.717, 1.165) is 17.1 Å². The van der Waals surface area contributed by atoms with Gasteiger partial charge in [-0.2, -0.15) is 0 Å². The lowest BCUT2D eigenvalue weighted by molar-refractivity contribution is 0.712. The molecule has 0 unspecified atom stereocenters. The lowest BCUT2D eigenvalue weighted by Gasteiger charge is -2.08. The zero-order chi connectivity index (χ0) is 13.3. The van der Waals surface area contributed by atoms with Crippen molar-refractivity contribution in [2.24, 2.45) is 7.05 Å². The Kier molecular flexibility index (Phi) is 3.73. The van der Waals surface area contributed by atoms with Crippen molar-refractivity contribution < 1.29 is 0 Å². The van der Waals surface area contributed by atoms with Crippen LogP contribution in [-0.2, 0) is 13.6 Å². The van der Waals surface area contributed by atoms with Crippen LogP contribution in [0.4, 0.5) is 0 Å². The molecule has 2 aromatic rings. The molecule has 0 aliphatic carbocycles. The molecule has 1 aromatic carbocycles. The average molecular weight is 264 g/mol. The van der Waals surface area contributed by atoms with E-state index in [0.29, 0.717) is 11.7 Å². The quantitative estimate of drug-likeness (QED) is 0.922. The number of hydrogen-bond donors (Lipinski definition) is 1. The summed E-state index contributed by atoms with van der Waals surface area (Å²) in [6.07, 6.45) is 0. The van der Waals surface area contributed by atoms with Crippen LogP contribution in [0.2, 0.25) is 5.15 Å². The number of hydrogen-bond acceptors (Lipinski definition) is 2. The van der Waals surface area contributed by atoms with Gasteiger partial charge in [0.05, 0.1) is 12.2 Å². The molecule has 0 fully saturated rings. The van der Waals surface area contributed by atoms with Gasteiger partial charge in [-0.3, -0.25) is 0 Å². The Labute approximate surface area is 113 Å². The molecule has 2 rings (SSSR count). The van der Waals surface area contributed by atoms with Crippen molar-refractivity contribution in [1.29, 1.82) is 0 Å². The van der Waals surface area contributed by atoms with Crippen LogP contribution in [0.3, 0.4) is 0 Å². The first-order chi connectivity index (χ1) is 8.54. The molecule has 0 aliphatic heterocycles. The molecule has 0 atom stereocenters. The fourth-order valence-electron chi connectivity index (χ4n) is 2.03. The van der Waals surface area contributed by atoms with Crippen molar-refractivity contribution in [3.63, 3.8) is 0 Å². The maximum absolute atomic E-state index is 6.25. The van der Waals surface area contributed by atoms with Crippen LogP contribution in [-0.4, -0.2) is 16.6 Å². The van der Waals surface area contributed by atoms with Gasteiger partial charge in [0, 0.05) is 12.6 Å². The van der Waals surface area contributed by atoms with E-state index in [4.69, 9.17) is 11.6 Å². The van der Waals surface area contributed by atoms with Crippen molar-refractivity contribution in [1.82, 2.24) is 14.9 Å². The van der Waals surface area contributed by atoms with Crippen molar-refractivity contribution in [3.05, 3.63) is 40.3 Å². The third-order valence-electron chi connectivity index (χ3n) is 3.26. The lowest BCUT2D eigenvalue weighted by Crippen LogP contribution is -2.10. The highest BCUT2D eigenvalue weighted by molar-refractivity contribution is 6.32. The Bertz CT molecular complexity index is 573. The highest BCUT2D eigenvalue weighted by Crippen LogP contribution is 2.29. The van der Waals surface area contributed by atoms with Gasteiger partial charge in [0.15, 0.2) is 5.15 Å². The van der Waals surface area contributed by atoms with E-state index in [1.807, 2.05) is 18.7 Å². The first-order valence-electron chi connectivity index (χ1n) is 5.98. The number of benzene rings is 1. The molecule has 0 amide bonds. The summed E-state index contributed by atoms with van der Waals surface area (Å²) in [5, 5.41) is 3.66. The maximum atomic E-state index is 6.25. The topological polar surface area (TPSA) is 29.9 Å². The number of imidazole rings is 1. The van der Waals surface area contributed by atoms with Gasteiger partial charge in [0.25, 0.3) is 0 Å². The second-order valence-corrected chi connectivity index (χ2v) is 4.91. The number of nitrogens with one attached hydrogen (secondary N) is 1. The number of aryl methyl sites for hydroxylation is 2. The van der Waals surface area contributed by atoms with E-state index in [1.165, 1.54) is 11.1 Å².